The Morgan fingerprint density at radius 1 is 1.00 bits per heavy atom. The summed E-state index contributed by atoms with van der Waals surface area (Å²) in [6.07, 6.45) is 0. The zero-order valence-corrected chi connectivity index (χ0v) is 10.1. The first-order valence-corrected chi connectivity index (χ1v) is 5.46. The minimum absolute atomic E-state index is 0.171. The number of carboxylic acid groups (broad SMARTS) is 1. The van der Waals surface area contributed by atoms with Crippen LogP contribution in [-0.4, -0.2) is 57.3 Å². The second-order valence-electron chi connectivity index (χ2n) is 3.00. The molecule has 1 N–H and O–H groups in total. The van der Waals surface area contributed by atoms with Crippen molar-refractivity contribution in [1.29, 1.82) is 0 Å². The molecule has 0 spiro atoms. The number of carboxylic acids is 1. The third kappa shape index (κ3) is 11.2. The van der Waals surface area contributed by atoms with Crippen LogP contribution in [0, 0.1) is 0 Å². The summed E-state index contributed by atoms with van der Waals surface area (Å²) >= 11 is 0. The summed E-state index contributed by atoms with van der Waals surface area (Å²) in [6, 6.07) is 0. The highest BCUT2D eigenvalue weighted by molar-refractivity contribution is 5.83. The molecule has 0 aliphatic carbocycles. The SMILES string of the molecule is C=C(OCCOCCOCCOCC)C(=O)O. The normalized spacial score (nSPS) is 10.2. The van der Waals surface area contributed by atoms with Crippen LogP contribution in [0.4, 0.5) is 0 Å². The van der Waals surface area contributed by atoms with Gasteiger partial charge in [-0.15, -0.1) is 0 Å². The van der Waals surface area contributed by atoms with E-state index in [4.69, 9.17) is 24.1 Å². The van der Waals surface area contributed by atoms with Crippen LogP contribution in [0.3, 0.4) is 0 Å². The highest BCUT2D eigenvalue weighted by Crippen LogP contribution is 1.92. The summed E-state index contributed by atoms with van der Waals surface area (Å²) in [5.41, 5.74) is 0. The van der Waals surface area contributed by atoms with Gasteiger partial charge in [0.2, 0.25) is 0 Å². The Kier molecular flexibility index (Phi) is 10.6. The Hall–Kier alpha value is -1.11. The molecule has 6 heteroatoms. The van der Waals surface area contributed by atoms with Gasteiger partial charge in [-0.1, -0.05) is 0 Å². The Morgan fingerprint density at radius 2 is 1.47 bits per heavy atom. The van der Waals surface area contributed by atoms with Crippen LogP contribution in [0.1, 0.15) is 6.92 Å². The monoisotopic (exact) mass is 248 g/mol. The highest BCUT2D eigenvalue weighted by atomic mass is 16.6. The average molecular weight is 248 g/mol. The molecular weight excluding hydrogens is 228 g/mol. The fourth-order valence-electron chi connectivity index (χ4n) is 0.870. The van der Waals surface area contributed by atoms with Crippen LogP contribution in [-0.2, 0) is 23.7 Å². The second kappa shape index (κ2) is 11.4. The first-order valence-electron chi connectivity index (χ1n) is 5.46. The molecule has 0 bridgehead atoms. The number of carbonyl (C=O) groups is 1. The summed E-state index contributed by atoms with van der Waals surface area (Å²) in [5, 5.41) is 8.43. The van der Waals surface area contributed by atoms with Crippen molar-refractivity contribution in [3.05, 3.63) is 12.3 Å². The van der Waals surface area contributed by atoms with Gasteiger partial charge in [-0.05, 0) is 13.5 Å². The zero-order valence-electron chi connectivity index (χ0n) is 10.1. The maximum absolute atomic E-state index is 10.3. The molecular formula is C11H20O6. The third-order valence-corrected chi connectivity index (χ3v) is 1.69. The summed E-state index contributed by atoms with van der Waals surface area (Å²) in [6.45, 7) is 8.35. The van der Waals surface area contributed by atoms with Crippen LogP contribution in [0.25, 0.3) is 0 Å². The van der Waals surface area contributed by atoms with Crippen molar-refractivity contribution in [3.63, 3.8) is 0 Å². The number of aliphatic carboxylic acids is 1. The van der Waals surface area contributed by atoms with E-state index >= 15 is 0 Å². The van der Waals surface area contributed by atoms with Gasteiger partial charge >= 0.3 is 5.97 Å². The lowest BCUT2D eigenvalue weighted by atomic mass is 10.6. The lowest BCUT2D eigenvalue weighted by Crippen LogP contribution is -2.13. The van der Waals surface area contributed by atoms with Crippen molar-refractivity contribution in [2.75, 3.05) is 46.2 Å². The quantitative estimate of drug-likeness (QED) is 0.311. The fourth-order valence-corrected chi connectivity index (χ4v) is 0.870. The van der Waals surface area contributed by atoms with Gasteiger partial charge in [-0.25, -0.2) is 4.79 Å². The van der Waals surface area contributed by atoms with Gasteiger partial charge in [0.15, 0.2) is 5.76 Å². The molecule has 0 saturated carbocycles. The van der Waals surface area contributed by atoms with Gasteiger partial charge in [0.25, 0.3) is 0 Å². The maximum atomic E-state index is 10.3. The van der Waals surface area contributed by atoms with E-state index in [1.807, 2.05) is 6.92 Å². The molecule has 0 heterocycles. The van der Waals surface area contributed by atoms with Gasteiger partial charge in [-0.2, -0.15) is 0 Å². The first kappa shape index (κ1) is 15.9. The Labute approximate surface area is 101 Å². The number of ether oxygens (including phenoxy) is 4. The van der Waals surface area contributed by atoms with Crippen molar-refractivity contribution in [1.82, 2.24) is 0 Å². The highest BCUT2D eigenvalue weighted by Gasteiger charge is 2.03. The lowest BCUT2D eigenvalue weighted by molar-refractivity contribution is -0.136. The molecule has 0 radical (unpaired) electrons. The fraction of sp³-hybridized carbons (Fsp3) is 0.727. The Bertz CT molecular complexity index is 216. The Morgan fingerprint density at radius 3 is 1.94 bits per heavy atom. The minimum atomic E-state index is -1.16. The predicted octanol–water partition coefficient (Wildman–Crippen LogP) is 0.671. The summed E-state index contributed by atoms with van der Waals surface area (Å²) in [4.78, 5) is 10.3. The minimum Gasteiger partial charge on any atom is -0.485 e. The molecule has 0 unspecified atom stereocenters. The average Bonchev–Trinajstić information content (AvgIpc) is 2.31. The van der Waals surface area contributed by atoms with Crippen LogP contribution in [0.5, 0.6) is 0 Å². The van der Waals surface area contributed by atoms with E-state index in [0.717, 1.165) is 0 Å². The van der Waals surface area contributed by atoms with Crippen LogP contribution in [0.2, 0.25) is 0 Å². The van der Waals surface area contributed by atoms with Gasteiger partial charge in [0.1, 0.15) is 6.61 Å². The van der Waals surface area contributed by atoms with E-state index in [9.17, 15) is 4.79 Å². The van der Waals surface area contributed by atoms with E-state index in [-0.39, 0.29) is 12.4 Å². The van der Waals surface area contributed by atoms with E-state index in [0.29, 0.717) is 39.6 Å². The van der Waals surface area contributed by atoms with E-state index < -0.39 is 5.97 Å². The number of hydrogen-bond acceptors (Lipinski definition) is 5. The molecule has 6 nitrogen and oxygen atoms in total. The zero-order chi connectivity index (χ0) is 12.9. The van der Waals surface area contributed by atoms with E-state index in [2.05, 4.69) is 6.58 Å². The summed E-state index contributed by atoms with van der Waals surface area (Å²) < 4.78 is 20.2. The topological polar surface area (TPSA) is 74.2 Å². The molecule has 0 aliphatic rings. The van der Waals surface area contributed by atoms with Gasteiger partial charge < -0.3 is 24.1 Å². The maximum Gasteiger partial charge on any atom is 0.370 e. The van der Waals surface area contributed by atoms with Crippen LogP contribution in [0.15, 0.2) is 12.3 Å². The molecule has 100 valence electrons. The van der Waals surface area contributed by atoms with Crippen molar-refractivity contribution in [2.24, 2.45) is 0 Å². The molecule has 0 aromatic heterocycles. The second-order valence-corrected chi connectivity index (χ2v) is 3.00. The van der Waals surface area contributed by atoms with Gasteiger partial charge in [-0.3, -0.25) is 0 Å². The summed E-state index contributed by atoms with van der Waals surface area (Å²) in [5.74, 6) is -1.44. The molecule has 0 saturated heterocycles. The Balaban J connectivity index is 3.08. The van der Waals surface area contributed by atoms with Crippen molar-refractivity contribution < 1.29 is 28.8 Å². The third-order valence-electron chi connectivity index (χ3n) is 1.69. The van der Waals surface area contributed by atoms with Crippen molar-refractivity contribution in [2.45, 2.75) is 6.92 Å². The molecule has 0 fully saturated rings. The van der Waals surface area contributed by atoms with E-state index in [1.54, 1.807) is 0 Å². The molecule has 0 amide bonds. The lowest BCUT2D eigenvalue weighted by Gasteiger charge is -2.07. The molecule has 0 aromatic rings. The van der Waals surface area contributed by atoms with Crippen LogP contribution >= 0.6 is 0 Å². The molecule has 0 aliphatic heterocycles. The van der Waals surface area contributed by atoms with Crippen molar-refractivity contribution >= 4 is 5.97 Å². The molecule has 0 atom stereocenters. The largest absolute Gasteiger partial charge is 0.485 e. The smallest absolute Gasteiger partial charge is 0.370 e. The van der Waals surface area contributed by atoms with Crippen LogP contribution < -0.4 is 0 Å². The van der Waals surface area contributed by atoms with Gasteiger partial charge in [0.05, 0.1) is 33.0 Å². The predicted molar refractivity (Wildman–Crippen MR) is 60.9 cm³/mol. The molecule has 0 aromatic carbocycles. The number of hydrogen-bond donors (Lipinski definition) is 1. The first-order chi connectivity index (χ1) is 8.18. The van der Waals surface area contributed by atoms with Crippen molar-refractivity contribution in [3.8, 4) is 0 Å². The number of rotatable bonds is 12. The van der Waals surface area contributed by atoms with E-state index in [1.165, 1.54) is 0 Å². The molecule has 17 heavy (non-hydrogen) atoms. The molecule has 0 rings (SSSR count). The summed E-state index contributed by atoms with van der Waals surface area (Å²) in [7, 11) is 0. The standard InChI is InChI=1S/C11H20O6/c1-3-14-4-5-15-6-7-16-8-9-17-10(2)11(12)13/h2-9H2,1H3,(H,12,13). The van der Waals surface area contributed by atoms with Gasteiger partial charge in [0, 0.05) is 6.61 Å².